The van der Waals surface area contributed by atoms with Crippen LogP contribution < -0.4 is 0 Å². The van der Waals surface area contributed by atoms with Crippen LogP contribution in [-0.4, -0.2) is 45.9 Å². The largest absolute Gasteiger partial charge is 0.478 e. The Morgan fingerprint density at radius 2 is 1.92 bits per heavy atom. The number of nitrogens with zero attached hydrogens (tertiary/aromatic N) is 1. The van der Waals surface area contributed by atoms with Gasteiger partial charge in [-0.1, -0.05) is 30.3 Å². The van der Waals surface area contributed by atoms with Gasteiger partial charge in [0, 0.05) is 6.08 Å². The lowest BCUT2D eigenvalue weighted by Crippen LogP contribution is -2.44. The van der Waals surface area contributed by atoms with E-state index in [1.54, 1.807) is 20.8 Å². The Morgan fingerprint density at radius 1 is 1.28 bits per heavy atom. The maximum absolute atomic E-state index is 12.4. The molecule has 0 aliphatic carbocycles. The van der Waals surface area contributed by atoms with Crippen LogP contribution in [0.5, 0.6) is 0 Å². The molecule has 0 spiro atoms. The third-order valence-electron chi connectivity index (χ3n) is 3.45. The Hall–Kier alpha value is -2.83. The van der Waals surface area contributed by atoms with Crippen LogP contribution in [0.4, 0.5) is 9.59 Å². The number of carbonyl (C=O) groups is 3. The van der Waals surface area contributed by atoms with Crippen molar-refractivity contribution in [3.63, 3.8) is 0 Å². The number of cyclic esters (lactones) is 1. The van der Waals surface area contributed by atoms with Gasteiger partial charge in [-0.05, 0) is 38.8 Å². The number of hydrogen-bond donors (Lipinski definition) is 1. The Bertz CT molecular complexity index is 677. The molecule has 2 rings (SSSR count). The van der Waals surface area contributed by atoms with E-state index in [1.807, 2.05) is 30.3 Å². The van der Waals surface area contributed by atoms with Crippen molar-refractivity contribution in [3.8, 4) is 0 Å². The van der Waals surface area contributed by atoms with Crippen molar-refractivity contribution < 1.29 is 29.0 Å². The number of amides is 2. The van der Waals surface area contributed by atoms with Crippen molar-refractivity contribution in [1.82, 2.24) is 4.90 Å². The van der Waals surface area contributed by atoms with Crippen molar-refractivity contribution in [2.45, 2.75) is 44.9 Å². The second-order valence-corrected chi connectivity index (χ2v) is 6.65. The van der Waals surface area contributed by atoms with Crippen molar-refractivity contribution >= 4 is 18.2 Å². The first-order valence-electron chi connectivity index (χ1n) is 7.85. The van der Waals surface area contributed by atoms with Gasteiger partial charge < -0.3 is 14.6 Å². The van der Waals surface area contributed by atoms with E-state index in [2.05, 4.69) is 0 Å². The lowest BCUT2D eigenvalue weighted by atomic mass is 10.0. The zero-order chi connectivity index (χ0) is 18.6. The Balaban J connectivity index is 2.29. The zero-order valence-electron chi connectivity index (χ0n) is 14.3. The summed E-state index contributed by atoms with van der Waals surface area (Å²) in [5.41, 5.74) is 0.108. The molecule has 1 aliphatic rings. The van der Waals surface area contributed by atoms with Gasteiger partial charge in [-0.3, -0.25) is 0 Å². The van der Waals surface area contributed by atoms with Crippen LogP contribution in [0.1, 0.15) is 26.3 Å². The SMILES string of the molecule is CC(C)(C)OC(=O)N1C(=O)O[C@@H](/C=C/C(=O)O)[C@@H]1Cc1ccccc1. The molecule has 1 N–H and O–H groups in total. The van der Waals surface area contributed by atoms with Gasteiger partial charge in [0.2, 0.25) is 0 Å². The molecule has 1 aliphatic heterocycles. The number of carboxylic acids is 1. The summed E-state index contributed by atoms with van der Waals surface area (Å²) in [6.07, 6.45) is -0.0519. The summed E-state index contributed by atoms with van der Waals surface area (Å²) in [5, 5.41) is 8.81. The Morgan fingerprint density at radius 3 is 2.48 bits per heavy atom. The number of imide groups is 1. The second-order valence-electron chi connectivity index (χ2n) is 6.65. The normalized spacial score (nSPS) is 20.6. The fraction of sp³-hybridized carbons (Fsp3) is 0.389. The summed E-state index contributed by atoms with van der Waals surface area (Å²) in [5.74, 6) is -1.16. The number of hydrogen-bond acceptors (Lipinski definition) is 5. The van der Waals surface area contributed by atoms with E-state index < -0.39 is 35.9 Å². The summed E-state index contributed by atoms with van der Waals surface area (Å²) in [6.45, 7) is 5.08. The molecule has 1 fully saturated rings. The van der Waals surface area contributed by atoms with Crippen LogP contribution in [0.15, 0.2) is 42.5 Å². The molecule has 7 heteroatoms. The molecule has 1 aromatic carbocycles. The first kappa shape index (κ1) is 18.5. The fourth-order valence-corrected chi connectivity index (χ4v) is 2.46. The molecule has 0 saturated carbocycles. The van der Waals surface area contributed by atoms with E-state index >= 15 is 0 Å². The molecule has 1 heterocycles. The second kappa shape index (κ2) is 7.38. The van der Waals surface area contributed by atoms with E-state index in [4.69, 9.17) is 14.6 Å². The third kappa shape index (κ3) is 5.07. The molecule has 7 nitrogen and oxygen atoms in total. The van der Waals surface area contributed by atoms with Gasteiger partial charge in [0.15, 0.2) is 0 Å². The number of aliphatic carboxylic acids is 1. The van der Waals surface area contributed by atoms with E-state index in [1.165, 1.54) is 6.08 Å². The van der Waals surface area contributed by atoms with E-state index in [0.717, 1.165) is 16.5 Å². The van der Waals surface area contributed by atoms with Gasteiger partial charge in [0.1, 0.15) is 11.7 Å². The predicted octanol–water partition coefficient (Wildman–Crippen LogP) is 2.99. The summed E-state index contributed by atoms with van der Waals surface area (Å²) in [6, 6.07) is 8.55. The van der Waals surface area contributed by atoms with Gasteiger partial charge in [0.05, 0.1) is 6.04 Å². The number of ether oxygens (including phenoxy) is 2. The number of carbonyl (C=O) groups excluding carboxylic acids is 2. The van der Waals surface area contributed by atoms with Crippen molar-refractivity contribution in [2.24, 2.45) is 0 Å². The van der Waals surface area contributed by atoms with Crippen LogP contribution in [0.2, 0.25) is 0 Å². The molecule has 1 aromatic rings. The molecule has 2 atom stereocenters. The highest BCUT2D eigenvalue weighted by molar-refractivity contribution is 5.90. The van der Waals surface area contributed by atoms with Gasteiger partial charge in [-0.2, -0.15) is 0 Å². The summed E-state index contributed by atoms with van der Waals surface area (Å²) < 4.78 is 10.5. The van der Waals surface area contributed by atoms with Crippen LogP contribution in [-0.2, 0) is 20.7 Å². The van der Waals surface area contributed by atoms with Gasteiger partial charge in [-0.15, -0.1) is 0 Å². The highest BCUT2D eigenvalue weighted by Crippen LogP contribution is 2.26. The maximum atomic E-state index is 12.4. The van der Waals surface area contributed by atoms with Gasteiger partial charge >= 0.3 is 18.2 Å². The number of carboxylic acid groups (broad SMARTS) is 1. The molecule has 2 amide bonds. The monoisotopic (exact) mass is 347 g/mol. The minimum atomic E-state index is -1.16. The minimum Gasteiger partial charge on any atom is -0.478 e. The van der Waals surface area contributed by atoms with E-state index in [0.29, 0.717) is 6.42 Å². The first-order chi connectivity index (χ1) is 11.7. The van der Waals surface area contributed by atoms with Gasteiger partial charge in [-0.25, -0.2) is 19.3 Å². The molecule has 134 valence electrons. The topological polar surface area (TPSA) is 93.1 Å². The molecule has 0 unspecified atom stereocenters. The van der Waals surface area contributed by atoms with Gasteiger partial charge in [0.25, 0.3) is 0 Å². The average Bonchev–Trinajstić information content (AvgIpc) is 2.80. The maximum Gasteiger partial charge on any atom is 0.420 e. The number of rotatable bonds is 4. The summed E-state index contributed by atoms with van der Waals surface area (Å²) in [4.78, 5) is 36.3. The molecular weight excluding hydrogens is 326 g/mol. The smallest absolute Gasteiger partial charge is 0.420 e. The van der Waals surface area contributed by atoms with E-state index in [9.17, 15) is 14.4 Å². The minimum absolute atomic E-state index is 0.320. The highest BCUT2D eigenvalue weighted by atomic mass is 16.6. The van der Waals surface area contributed by atoms with Crippen LogP contribution in [0.25, 0.3) is 0 Å². The van der Waals surface area contributed by atoms with E-state index in [-0.39, 0.29) is 0 Å². The first-order valence-corrected chi connectivity index (χ1v) is 7.85. The standard InChI is InChI=1S/C18H21NO6/c1-18(2,3)25-17(23)19-13(11-12-7-5-4-6-8-12)14(24-16(19)22)9-10-15(20)21/h4-10,13-14H,11H2,1-3H3,(H,20,21)/b10-9+/t13-,14-/m0/s1. The highest BCUT2D eigenvalue weighted by Gasteiger charge is 2.46. The Kier molecular flexibility index (Phi) is 5.46. The third-order valence-corrected chi connectivity index (χ3v) is 3.45. The number of benzene rings is 1. The fourth-order valence-electron chi connectivity index (χ4n) is 2.46. The summed E-state index contributed by atoms with van der Waals surface area (Å²) >= 11 is 0. The molecule has 1 saturated heterocycles. The van der Waals surface area contributed by atoms with Crippen LogP contribution in [0.3, 0.4) is 0 Å². The van der Waals surface area contributed by atoms with Crippen molar-refractivity contribution in [1.29, 1.82) is 0 Å². The molecule has 0 aromatic heterocycles. The molecule has 0 bridgehead atoms. The van der Waals surface area contributed by atoms with Crippen LogP contribution >= 0.6 is 0 Å². The molecular formula is C18H21NO6. The predicted molar refractivity (Wildman–Crippen MR) is 89.1 cm³/mol. The Labute approximate surface area is 145 Å². The molecule has 25 heavy (non-hydrogen) atoms. The lowest BCUT2D eigenvalue weighted by molar-refractivity contribution is -0.131. The van der Waals surface area contributed by atoms with Crippen LogP contribution in [0, 0.1) is 0 Å². The van der Waals surface area contributed by atoms with Crippen molar-refractivity contribution in [3.05, 3.63) is 48.0 Å². The zero-order valence-corrected chi connectivity index (χ0v) is 14.3. The lowest BCUT2D eigenvalue weighted by Gasteiger charge is -2.26. The summed E-state index contributed by atoms with van der Waals surface area (Å²) in [7, 11) is 0. The van der Waals surface area contributed by atoms with Crippen molar-refractivity contribution in [2.75, 3.05) is 0 Å². The molecule has 0 radical (unpaired) electrons. The average molecular weight is 347 g/mol. The quantitative estimate of drug-likeness (QED) is 0.842.